The van der Waals surface area contributed by atoms with Gasteiger partial charge in [0, 0.05) is 15.7 Å². The lowest BCUT2D eigenvalue weighted by Crippen LogP contribution is -2.13. The number of hydrogen-bond donors (Lipinski definition) is 1. The first-order valence-electron chi connectivity index (χ1n) is 5.08. The van der Waals surface area contributed by atoms with Crippen LogP contribution in [0.15, 0.2) is 42.5 Å². The Balaban J connectivity index is 2.19. The van der Waals surface area contributed by atoms with Gasteiger partial charge >= 0.3 is 0 Å². The molecular weight excluding hydrogens is 276 g/mol. The van der Waals surface area contributed by atoms with E-state index >= 15 is 0 Å². The van der Waals surface area contributed by atoms with Crippen molar-refractivity contribution in [2.75, 3.05) is 5.32 Å². The van der Waals surface area contributed by atoms with Crippen LogP contribution in [0.25, 0.3) is 0 Å². The Morgan fingerprint density at radius 2 is 1.61 bits per heavy atom. The van der Waals surface area contributed by atoms with Crippen molar-refractivity contribution in [3.63, 3.8) is 0 Å². The Labute approximate surface area is 113 Å². The van der Waals surface area contributed by atoms with Crippen molar-refractivity contribution in [2.24, 2.45) is 0 Å². The first-order valence-corrected chi connectivity index (χ1v) is 5.84. The van der Waals surface area contributed by atoms with E-state index in [9.17, 15) is 9.18 Å². The fraction of sp³-hybridized carbons (Fsp3) is 0. The van der Waals surface area contributed by atoms with Crippen LogP contribution >= 0.6 is 23.2 Å². The second kappa shape index (κ2) is 5.38. The van der Waals surface area contributed by atoms with Crippen LogP contribution in [0.3, 0.4) is 0 Å². The average Bonchev–Trinajstić information content (AvgIpc) is 2.32. The van der Waals surface area contributed by atoms with Crippen molar-refractivity contribution in [1.29, 1.82) is 0 Å². The number of carbonyl (C=O) groups excluding carboxylic acids is 1. The lowest BCUT2D eigenvalue weighted by molar-refractivity contribution is 0.102. The number of amides is 1. The maximum Gasteiger partial charge on any atom is 0.258 e. The third-order valence-corrected chi connectivity index (χ3v) is 2.76. The third kappa shape index (κ3) is 3.00. The fourth-order valence-electron chi connectivity index (χ4n) is 1.41. The molecule has 2 nitrogen and oxygen atoms in total. The van der Waals surface area contributed by atoms with Crippen LogP contribution < -0.4 is 5.32 Å². The number of carbonyl (C=O) groups is 1. The summed E-state index contributed by atoms with van der Waals surface area (Å²) in [6.07, 6.45) is 0. The Morgan fingerprint density at radius 3 is 2.22 bits per heavy atom. The number of halogens is 3. The molecule has 92 valence electrons. The summed E-state index contributed by atoms with van der Waals surface area (Å²) in [5.74, 6) is -1.19. The molecule has 0 spiro atoms. The molecule has 2 aromatic carbocycles. The van der Waals surface area contributed by atoms with E-state index in [0.717, 1.165) is 6.07 Å². The van der Waals surface area contributed by atoms with Gasteiger partial charge in [0.25, 0.3) is 5.91 Å². The van der Waals surface area contributed by atoms with Gasteiger partial charge in [-0.15, -0.1) is 0 Å². The quantitative estimate of drug-likeness (QED) is 0.870. The minimum atomic E-state index is -0.658. The van der Waals surface area contributed by atoms with Gasteiger partial charge in [0.05, 0.1) is 5.56 Å². The summed E-state index contributed by atoms with van der Waals surface area (Å²) in [6, 6.07) is 10.4. The lowest BCUT2D eigenvalue weighted by Gasteiger charge is -2.06. The van der Waals surface area contributed by atoms with Crippen LogP contribution in [0.2, 0.25) is 10.0 Å². The van der Waals surface area contributed by atoms with Gasteiger partial charge in [0.1, 0.15) is 5.82 Å². The fourth-order valence-corrected chi connectivity index (χ4v) is 1.69. The first-order chi connectivity index (χ1) is 8.56. The van der Waals surface area contributed by atoms with Crippen molar-refractivity contribution in [2.45, 2.75) is 0 Å². The molecule has 0 saturated heterocycles. The lowest BCUT2D eigenvalue weighted by atomic mass is 10.2. The molecule has 0 aliphatic carbocycles. The molecule has 1 amide bonds. The van der Waals surface area contributed by atoms with Crippen molar-refractivity contribution in [3.8, 4) is 0 Å². The van der Waals surface area contributed by atoms with Crippen molar-refractivity contribution >= 4 is 34.8 Å². The highest BCUT2D eigenvalue weighted by Crippen LogP contribution is 2.17. The van der Waals surface area contributed by atoms with Gasteiger partial charge in [0.15, 0.2) is 0 Å². The summed E-state index contributed by atoms with van der Waals surface area (Å²) in [5.41, 5.74) is 0.480. The van der Waals surface area contributed by atoms with Crippen LogP contribution in [-0.4, -0.2) is 5.91 Å². The van der Waals surface area contributed by atoms with E-state index in [4.69, 9.17) is 23.2 Å². The molecule has 0 saturated carbocycles. The Bertz CT molecular complexity index is 584. The van der Waals surface area contributed by atoms with Crippen LogP contribution in [-0.2, 0) is 0 Å². The molecular formula is C13H8Cl2FNO. The number of benzene rings is 2. The van der Waals surface area contributed by atoms with Crippen LogP contribution in [0.4, 0.5) is 10.1 Å². The number of anilines is 1. The Kier molecular flexibility index (Phi) is 3.84. The molecule has 2 rings (SSSR count). The predicted molar refractivity (Wildman–Crippen MR) is 70.8 cm³/mol. The van der Waals surface area contributed by atoms with Gasteiger partial charge in [-0.2, -0.15) is 0 Å². The van der Waals surface area contributed by atoms with E-state index in [1.54, 1.807) is 24.3 Å². The molecule has 1 N–H and O–H groups in total. The monoisotopic (exact) mass is 283 g/mol. The van der Waals surface area contributed by atoms with Gasteiger partial charge in [0.2, 0.25) is 0 Å². The summed E-state index contributed by atoms with van der Waals surface area (Å²) < 4.78 is 13.5. The smallest absolute Gasteiger partial charge is 0.258 e. The number of hydrogen-bond acceptors (Lipinski definition) is 1. The van der Waals surface area contributed by atoms with E-state index in [1.165, 1.54) is 12.1 Å². The maximum absolute atomic E-state index is 13.5. The van der Waals surface area contributed by atoms with Crippen molar-refractivity contribution < 1.29 is 9.18 Å². The topological polar surface area (TPSA) is 29.1 Å². The van der Waals surface area contributed by atoms with Gasteiger partial charge in [-0.1, -0.05) is 23.2 Å². The highest BCUT2D eigenvalue weighted by Gasteiger charge is 2.12. The van der Waals surface area contributed by atoms with Gasteiger partial charge in [-0.05, 0) is 42.5 Å². The Hall–Kier alpha value is -1.58. The predicted octanol–water partition coefficient (Wildman–Crippen LogP) is 4.38. The molecule has 0 aliphatic rings. The first kappa shape index (κ1) is 12.9. The Morgan fingerprint density at radius 1 is 1.00 bits per heavy atom. The minimum Gasteiger partial charge on any atom is -0.322 e. The molecule has 0 aliphatic heterocycles. The molecule has 0 fully saturated rings. The van der Waals surface area contributed by atoms with E-state index in [0.29, 0.717) is 10.7 Å². The van der Waals surface area contributed by atoms with E-state index < -0.39 is 11.7 Å². The molecule has 0 bridgehead atoms. The van der Waals surface area contributed by atoms with Gasteiger partial charge < -0.3 is 5.32 Å². The zero-order chi connectivity index (χ0) is 13.1. The maximum atomic E-state index is 13.5. The van der Waals surface area contributed by atoms with Crippen molar-refractivity contribution in [1.82, 2.24) is 0 Å². The summed E-state index contributed by atoms with van der Waals surface area (Å²) >= 11 is 11.3. The van der Waals surface area contributed by atoms with Crippen LogP contribution in [0.1, 0.15) is 10.4 Å². The normalized spacial score (nSPS) is 10.2. The zero-order valence-electron chi connectivity index (χ0n) is 9.08. The summed E-state index contributed by atoms with van der Waals surface area (Å²) in [5, 5.41) is 3.37. The average molecular weight is 284 g/mol. The highest BCUT2D eigenvalue weighted by molar-refractivity contribution is 6.31. The van der Waals surface area contributed by atoms with Crippen LogP contribution in [0.5, 0.6) is 0 Å². The van der Waals surface area contributed by atoms with E-state index in [2.05, 4.69) is 5.32 Å². The molecule has 0 unspecified atom stereocenters. The molecule has 18 heavy (non-hydrogen) atoms. The second-order valence-corrected chi connectivity index (χ2v) is 4.46. The van der Waals surface area contributed by atoms with Gasteiger partial charge in [-0.3, -0.25) is 4.79 Å². The largest absolute Gasteiger partial charge is 0.322 e. The summed E-state index contributed by atoms with van der Waals surface area (Å²) in [7, 11) is 0. The van der Waals surface area contributed by atoms with Crippen molar-refractivity contribution in [3.05, 3.63) is 63.9 Å². The SMILES string of the molecule is O=C(Nc1ccc(Cl)cc1)c1ccc(Cl)cc1F. The summed E-state index contributed by atoms with van der Waals surface area (Å²) in [6.45, 7) is 0. The van der Waals surface area contributed by atoms with Gasteiger partial charge in [-0.25, -0.2) is 4.39 Å². The number of nitrogens with one attached hydrogen (secondary N) is 1. The molecule has 0 aromatic heterocycles. The third-order valence-electron chi connectivity index (χ3n) is 2.28. The number of rotatable bonds is 2. The molecule has 0 heterocycles. The summed E-state index contributed by atoms with van der Waals surface area (Å²) in [4.78, 5) is 11.8. The zero-order valence-corrected chi connectivity index (χ0v) is 10.6. The molecule has 2 aromatic rings. The minimum absolute atomic E-state index is 0.0608. The van der Waals surface area contributed by atoms with E-state index in [1.807, 2.05) is 0 Å². The molecule has 0 radical (unpaired) electrons. The second-order valence-electron chi connectivity index (χ2n) is 3.59. The molecule has 0 atom stereocenters. The van der Waals surface area contributed by atoms with E-state index in [-0.39, 0.29) is 10.6 Å². The highest BCUT2D eigenvalue weighted by atomic mass is 35.5. The van der Waals surface area contributed by atoms with Crippen LogP contribution in [0, 0.1) is 5.82 Å². The standard InChI is InChI=1S/C13H8Cl2FNO/c14-8-1-4-10(5-2-8)17-13(18)11-6-3-9(15)7-12(11)16/h1-7H,(H,17,18). The molecule has 5 heteroatoms.